The van der Waals surface area contributed by atoms with Gasteiger partial charge in [-0.15, -0.1) is 0 Å². The SMILES string of the molecule is Cc1[nH]c2ccc(C(C)(C)C)cc2c1CCN1C(=O)OC(C)(C)[C@]1(C)O. The summed E-state index contributed by atoms with van der Waals surface area (Å²) in [5, 5.41) is 12.0. The molecule has 1 aliphatic rings. The highest BCUT2D eigenvalue weighted by Gasteiger charge is 2.56. The van der Waals surface area contributed by atoms with Gasteiger partial charge in [0.1, 0.15) is 0 Å². The zero-order valence-electron chi connectivity index (χ0n) is 16.9. The van der Waals surface area contributed by atoms with Crippen LogP contribution in [0.25, 0.3) is 10.9 Å². The van der Waals surface area contributed by atoms with Gasteiger partial charge in [-0.05, 0) is 62.8 Å². The Hall–Kier alpha value is -2.01. The Morgan fingerprint density at radius 1 is 1.23 bits per heavy atom. The summed E-state index contributed by atoms with van der Waals surface area (Å²) in [5.41, 5.74) is 2.46. The Labute approximate surface area is 155 Å². The molecule has 0 radical (unpaired) electrons. The minimum Gasteiger partial charge on any atom is -0.438 e. The molecular weight excluding hydrogens is 328 g/mol. The molecule has 1 saturated heterocycles. The van der Waals surface area contributed by atoms with Crippen LogP contribution in [0.1, 0.15) is 58.4 Å². The first-order valence-electron chi connectivity index (χ1n) is 9.19. The van der Waals surface area contributed by atoms with Crippen LogP contribution < -0.4 is 0 Å². The van der Waals surface area contributed by atoms with Crippen LogP contribution in [0.15, 0.2) is 18.2 Å². The molecule has 1 aromatic carbocycles. The second-order valence-electron chi connectivity index (χ2n) is 9.04. The van der Waals surface area contributed by atoms with Gasteiger partial charge >= 0.3 is 6.09 Å². The normalized spacial score (nSPS) is 22.9. The number of nitrogens with one attached hydrogen (secondary N) is 1. The third-order valence-corrected chi connectivity index (χ3v) is 5.80. The number of aromatic nitrogens is 1. The van der Waals surface area contributed by atoms with Crippen molar-refractivity contribution in [3.8, 4) is 0 Å². The summed E-state index contributed by atoms with van der Waals surface area (Å²) < 4.78 is 5.36. The Balaban J connectivity index is 1.92. The molecule has 5 nitrogen and oxygen atoms in total. The molecular formula is C21H30N2O3. The number of nitrogens with zero attached hydrogens (tertiary/aromatic N) is 1. The molecule has 2 N–H and O–H groups in total. The van der Waals surface area contributed by atoms with Gasteiger partial charge < -0.3 is 14.8 Å². The van der Waals surface area contributed by atoms with Crippen molar-refractivity contribution in [2.45, 2.75) is 71.6 Å². The first kappa shape index (κ1) is 18.8. The third-order valence-electron chi connectivity index (χ3n) is 5.80. The van der Waals surface area contributed by atoms with Crippen LogP contribution in [0, 0.1) is 6.92 Å². The van der Waals surface area contributed by atoms with Gasteiger partial charge in [-0.25, -0.2) is 4.79 Å². The summed E-state index contributed by atoms with van der Waals surface area (Å²) in [6, 6.07) is 6.52. The average molecular weight is 358 g/mol. The van der Waals surface area contributed by atoms with Crippen molar-refractivity contribution in [2.75, 3.05) is 6.54 Å². The van der Waals surface area contributed by atoms with E-state index in [-0.39, 0.29) is 5.41 Å². The van der Waals surface area contributed by atoms with E-state index in [0.717, 1.165) is 11.2 Å². The van der Waals surface area contributed by atoms with Crippen molar-refractivity contribution in [1.82, 2.24) is 9.88 Å². The molecule has 1 fully saturated rings. The average Bonchev–Trinajstić information content (AvgIpc) is 2.87. The highest BCUT2D eigenvalue weighted by atomic mass is 16.6. The molecule has 0 saturated carbocycles. The predicted octanol–water partition coefficient (Wildman–Crippen LogP) is 4.26. The van der Waals surface area contributed by atoms with E-state index in [1.165, 1.54) is 21.4 Å². The van der Waals surface area contributed by atoms with E-state index in [9.17, 15) is 9.90 Å². The number of amides is 1. The fraction of sp³-hybridized carbons (Fsp3) is 0.571. The first-order valence-corrected chi connectivity index (χ1v) is 9.19. The van der Waals surface area contributed by atoms with E-state index in [1.807, 2.05) is 0 Å². The lowest BCUT2D eigenvalue weighted by Crippen LogP contribution is -2.54. The van der Waals surface area contributed by atoms with Crippen molar-refractivity contribution < 1.29 is 14.6 Å². The first-order chi connectivity index (χ1) is 11.8. The zero-order chi connectivity index (χ0) is 19.5. The summed E-state index contributed by atoms with van der Waals surface area (Å²) in [7, 11) is 0. The molecule has 1 amide bonds. The van der Waals surface area contributed by atoms with Crippen molar-refractivity contribution in [1.29, 1.82) is 0 Å². The predicted molar refractivity (Wildman–Crippen MR) is 103 cm³/mol. The fourth-order valence-corrected chi connectivity index (χ4v) is 3.58. The number of benzene rings is 1. The van der Waals surface area contributed by atoms with E-state index < -0.39 is 17.4 Å². The lowest BCUT2D eigenvalue weighted by molar-refractivity contribution is -0.126. The number of carbonyl (C=O) groups is 1. The smallest absolute Gasteiger partial charge is 0.412 e. The minimum absolute atomic E-state index is 0.0725. The van der Waals surface area contributed by atoms with E-state index in [0.29, 0.717) is 13.0 Å². The Bertz CT molecular complexity index is 856. The van der Waals surface area contributed by atoms with Gasteiger partial charge in [0.25, 0.3) is 0 Å². The van der Waals surface area contributed by atoms with Crippen molar-refractivity contribution in [3.63, 3.8) is 0 Å². The number of hydrogen-bond acceptors (Lipinski definition) is 3. The number of fused-ring (bicyclic) bond motifs is 1. The summed E-state index contributed by atoms with van der Waals surface area (Å²) >= 11 is 0. The molecule has 0 bridgehead atoms. The Morgan fingerprint density at radius 3 is 2.42 bits per heavy atom. The molecule has 1 atom stereocenters. The van der Waals surface area contributed by atoms with E-state index in [4.69, 9.17) is 4.74 Å². The third kappa shape index (κ3) is 2.88. The zero-order valence-corrected chi connectivity index (χ0v) is 16.9. The van der Waals surface area contributed by atoms with Gasteiger partial charge in [0.05, 0.1) is 0 Å². The van der Waals surface area contributed by atoms with Gasteiger partial charge in [-0.1, -0.05) is 26.8 Å². The van der Waals surface area contributed by atoms with Crippen LogP contribution in [0.2, 0.25) is 0 Å². The molecule has 1 aromatic heterocycles. The van der Waals surface area contributed by atoms with E-state index in [2.05, 4.69) is 50.9 Å². The molecule has 0 spiro atoms. The van der Waals surface area contributed by atoms with Gasteiger partial charge in [0.15, 0.2) is 11.3 Å². The number of aromatic amines is 1. The maximum Gasteiger partial charge on any atom is 0.412 e. The molecule has 2 aromatic rings. The van der Waals surface area contributed by atoms with Crippen LogP contribution in [0.3, 0.4) is 0 Å². The summed E-state index contributed by atoms with van der Waals surface area (Å²) in [5.74, 6) is 0. The molecule has 5 heteroatoms. The number of rotatable bonds is 3. The monoisotopic (exact) mass is 358 g/mol. The summed E-state index contributed by atoms with van der Waals surface area (Å²) in [6.45, 7) is 14.2. The lowest BCUT2D eigenvalue weighted by Gasteiger charge is -2.34. The number of hydrogen-bond donors (Lipinski definition) is 2. The van der Waals surface area contributed by atoms with Crippen LogP contribution in [-0.4, -0.2) is 39.0 Å². The highest BCUT2D eigenvalue weighted by molar-refractivity contribution is 5.85. The standard InChI is InChI=1S/C21H30N2O3/c1-13-15(10-11-23-18(24)26-20(5,6)21(23,7)25)16-12-14(19(2,3)4)8-9-17(16)22-13/h8-9,12,22,25H,10-11H2,1-7H3/t21-/m0/s1. The number of H-pyrrole nitrogens is 1. The number of carbonyl (C=O) groups excluding carboxylic acids is 1. The van der Waals surface area contributed by atoms with Gasteiger partial charge in [0.2, 0.25) is 0 Å². The number of cyclic esters (lactones) is 1. The number of aryl methyl sites for hydroxylation is 1. The lowest BCUT2D eigenvalue weighted by atomic mass is 9.86. The number of aliphatic hydroxyl groups is 1. The Kier molecular flexibility index (Phi) is 4.15. The second-order valence-corrected chi connectivity index (χ2v) is 9.04. The maximum absolute atomic E-state index is 12.2. The van der Waals surface area contributed by atoms with Crippen LogP contribution in [0.5, 0.6) is 0 Å². The quantitative estimate of drug-likeness (QED) is 0.862. The second kappa shape index (κ2) is 5.74. The molecule has 0 unspecified atom stereocenters. The van der Waals surface area contributed by atoms with Crippen LogP contribution in [-0.2, 0) is 16.6 Å². The fourth-order valence-electron chi connectivity index (χ4n) is 3.58. The van der Waals surface area contributed by atoms with Gasteiger partial charge in [-0.3, -0.25) is 4.90 Å². The molecule has 0 aliphatic carbocycles. The van der Waals surface area contributed by atoms with Crippen molar-refractivity contribution >= 4 is 17.0 Å². The molecule has 2 heterocycles. The van der Waals surface area contributed by atoms with Crippen molar-refractivity contribution in [3.05, 3.63) is 35.0 Å². The minimum atomic E-state index is -1.33. The van der Waals surface area contributed by atoms with Crippen molar-refractivity contribution in [2.24, 2.45) is 0 Å². The largest absolute Gasteiger partial charge is 0.438 e. The van der Waals surface area contributed by atoms with Gasteiger partial charge in [0, 0.05) is 23.1 Å². The van der Waals surface area contributed by atoms with Crippen LogP contribution in [0.4, 0.5) is 4.79 Å². The molecule has 26 heavy (non-hydrogen) atoms. The summed E-state index contributed by atoms with van der Waals surface area (Å²) in [6.07, 6.45) is 0.189. The maximum atomic E-state index is 12.2. The van der Waals surface area contributed by atoms with E-state index >= 15 is 0 Å². The van der Waals surface area contributed by atoms with E-state index in [1.54, 1.807) is 20.8 Å². The Morgan fingerprint density at radius 2 is 1.88 bits per heavy atom. The van der Waals surface area contributed by atoms with Gasteiger partial charge in [-0.2, -0.15) is 0 Å². The van der Waals surface area contributed by atoms with Crippen LogP contribution >= 0.6 is 0 Å². The molecule has 142 valence electrons. The topological polar surface area (TPSA) is 65.6 Å². The summed E-state index contributed by atoms with van der Waals surface area (Å²) in [4.78, 5) is 17.1. The molecule has 1 aliphatic heterocycles. The number of ether oxygens (including phenoxy) is 1. The molecule has 3 rings (SSSR count). The highest BCUT2D eigenvalue weighted by Crippen LogP contribution is 2.37.